The maximum absolute atomic E-state index is 13.3. The molecule has 1 aromatic heterocycles. The number of fused-ring (bicyclic) bond motifs is 1. The van der Waals surface area contributed by atoms with Crippen LogP contribution in [0.25, 0.3) is 10.9 Å². The van der Waals surface area contributed by atoms with E-state index in [1.807, 2.05) is 0 Å². The number of carbonyl (C=O) groups excluding carboxylic acids is 2. The van der Waals surface area contributed by atoms with Gasteiger partial charge in [0.2, 0.25) is 0 Å². The first-order chi connectivity index (χ1) is 14.4. The average molecular weight is 428 g/mol. The fraction of sp³-hybridized carbons (Fsp3) is 0.333. The highest BCUT2D eigenvalue weighted by Crippen LogP contribution is 2.36. The van der Waals surface area contributed by atoms with Gasteiger partial charge in [0, 0.05) is 22.4 Å². The van der Waals surface area contributed by atoms with Gasteiger partial charge in [-0.3, -0.25) is 14.2 Å². The Morgan fingerprint density at radius 2 is 1.73 bits per heavy atom. The molecule has 0 N–H and O–H groups in total. The highest BCUT2D eigenvalue weighted by Gasteiger charge is 2.24. The number of halogens is 1. The largest absolute Gasteiger partial charge is 0.497 e. The lowest BCUT2D eigenvalue weighted by Crippen LogP contribution is -2.15. The summed E-state index contributed by atoms with van der Waals surface area (Å²) in [6, 6.07) is 12.1. The van der Waals surface area contributed by atoms with Gasteiger partial charge >= 0.3 is 5.97 Å². The van der Waals surface area contributed by atoms with Crippen molar-refractivity contribution in [1.82, 2.24) is 4.57 Å². The predicted octanol–water partition coefficient (Wildman–Crippen LogP) is 6.03. The first-order valence-electron chi connectivity index (χ1n) is 10.1. The summed E-state index contributed by atoms with van der Waals surface area (Å²) in [7, 11) is 1.57. The highest BCUT2D eigenvalue weighted by atomic mass is 35.5. The minimum atomic E-state index is -0.299. The van der Waals surface area contributed by atoms with E-state index in [4.69, 9.17) is 21.1 Å². The first kappa shape index (κ1) is 21.9. The number of benzene rings is 2. The Balaban J connectivity index is 2.08. The third-order valence-electron chi connectivity index (χ3n) is 5.47. The number of aromatic nitrogens is 1. The van der Waals surface area contributed by atoms with Crippen LogP contribution in [0.4, 0.5) is 0 Å². The van der Waals surface area contributed by atoms with Gasteiger partial charge in [-0.1, -0.05) is 38.3 Å². The second-order valence-electron chi connectivity index (χ2n) is 7.31. The van der Waals surface area contributed by atoms with Crippen molar-refractivity contribution in [3.8, 4) is 11.5 Å². The lowest BCUT2D eigenvalue weighted by molar-refractivity contribution is -0.135. The van der Waals surface area contributed by atoms with Crippen LogP contribution in [-0.4, -0.2) is 23.6 Å². The van der Waals surface area contributed by atoms with E-state index in [0.29, 0.717) is 45.1 Å². The van der Waals surface area contributed by atoms with Crippen LogP contribution >= 0.6 is 11.6 Å². The van der Waals surface area contributed by atoms with Gasteiger partial charge in [-0.05, 0) is 55.3 Å². The van der Waals surface area contributed by atoms with Crippen molar-refractivity contribution in [2.24, 2.45) is 5.92 Å². The Kier molecular flexibility index (Phi) is 6.83. The topological polar surface area (TPSA) is 57.5 Å². The molecule has 0 aliphatic rings. The number of rotatable bonds is 7. The molecule has 0 aliphatic heterocycles. The van der Waals surface area contributed by atoms with Crippen molar-refractivity contribution in [3.63, 3.8) is 0 Å². The molecule has 6 heteroatoms. The summed E-state index contributed by atoms with van der Waals surface area (Å²) in [6.45, 7) is 5.91. The predicted molar refractivity (Wildman–Crippen MR) is 119 cm³/mol. The van der Waals surface area contributed by atoms with E-state index in [1.165, 1.54) is 0 Å². The lowest BCUT2D eigenvalue weighted by Gasteiger charge is -2.12. The number of carbonyl (C=O) groups is 2. The number of methoxy groups -OCH3 is 1. The number of hydrogen-bond donors (Lipinski definition) is 0. The van der Waals surface area contributed by atoms with E-state index >= 15 is 0 Å². The Labute approximate surface area is 181 Å². The molecule has 0 radical (unpaired) electrons. The van der Waals surface area contributed by atoms with E-state index in [9.17, 15) is 9.59 Å². The Morgan fingerprint density at radius 3 is 2.33 bits per heavy atom. The number of hydrogen-bond acceptors (Lipinski definition) is 4. The van der Waals surface area contributed by atoms with Gasteiger partial charge in [-0.15, -0.1) is 0 Å². The molecule has 0 aliphatic carbocycles. The molecule has 3 aromatic rings. The van der Waals surface area contributed by atoms with Crippen LogP contribution in [0, 0.1) is 12.8 Å². The van der Waals surface area contributed by atoms with Crippen LogP contribution in [0.1, 0.15) is 49.2 Å². The Hall–Kier alpha value is -2.79. The summed E-state index contributed by atoms with van der Waals surface area (Å²) in [5, 5.41) is 1.22. The number of esters is 1. The lowest BCUT2D eigenvalue weighted by atomic mass is 10.00. The minimum Gasteiger partial charge on any atom is -0.497 e. The third kappa shape index (κ3) is 4.36. The molecule has 0 spiro atoms. The molecule has 0 bridgehead atoms. The van der Waals surface area contributed by atoms with Crippen LogP contribution in [0.2, 0.25) is 5.02 Å². The van der Waals surface area contributed by atoms with E-state index in [-0.39, 0.29) is 17.8 Å². The SMILES string of the molecule is CCC(CC)CC(=O)Oc1c(C)n(C(=O)c2ccc(Cl)cc2)c2ccc(OC)cc12. The molecule has 0 atom stereocenters. The number of nitrogens with zero attached hydrogens (tertiary/aromatic N) is 1. The summed E-state index contributed by atoms with van der Waals surface area (Å²) in [4.78, 5) is 25.9. The van der Waals surface area contributed by atoms with Gasteiger partial charge in [0.15, 0.2) is 5.75 Å². The van der Waals surface area contributed by atoms with Crippen LogP contribution in [0.15, 0.2) is 42.5 Å². The van der Waals surface area contributed by atoms with Gasteiger partial charge in [0.25, 0.3) is 5.91 Å². The fourth-order valence-corrected chi connectivity index (χ4v) is 3.70. The van der Waals surface area contributed by atoms with Crippen molar-refractivity contribution in [2.45, 2.75) is 40.0 Å². The molecule has 0 amide bonds. The van der Waals surface area contributed by atoms with Gasteiger partial charge in [0.1, 0.15) is 5.75 Å². The summed E-state index contributed by atoms with van der Waals surface area (Å²) in [5.41, 5.74) is 1.71. The van der Waals surface area contributed by atoms with Crippen molar-refractivity contribution in [3.05, 3.63) is 58.7 Å². The molecule has 0 saturated carbocycles. The number of ether oxygens (including phenoxy) is 2. The van der Waals surface area contributed by atoms with Crippen molar-refractivity contribution in [1.29, 1.82) is 0 Å². The molecule has 0 saturated heterocycles. The second kappa shape index (κ2) is 9.35. The maximum atomic E-state index is 13.3. The third-order valence-corrected chi connectivity index (χ3v) is 5.73. The first-order valence-corrected chi connectivity index (χ1v) is 10.5. The molecule has 0 unspecified atom stereocenters. The molecule has 2 aromatic carbocycles. The van der Waals surface area contributed by atoms with Crippen molar-refractivity contribution < 1.29 is 19.1 Å². The van der Waals surface area contributed by atoms with E-state index in [2.05, 4.69) is 13.8 Å². The van der Waals surface area contributed by atoms with Crippen LogP contribution in [0.3, 0.4) is 0 Å². The molecule has 0 fully saturated rings. The summed E-state index contributed by atoms with van der Waals surface area (Å²) >= 11 is 5.96. The smallest absolute Gasteiger partial charge is 0.311 e. The second-order valence-corrected chi connectivity index (χ2v) is 7.74. The molecule has 30 heavy (non-hydrogen) atoms. The van der Waals surface area contributed by atoms with Crippen LogP contribution < -0.4 is 9.47 Å². The maximum Gasteiger partial charge on any atom is 0.311 e. The van der Waals surface area contributed by atoms with E-state index in [0.717, 1.165) is 12.8 Å². The van der Waals surface area contributed by atoms with Crippen molar-refractivity contribution >= 4 is 34.4 Å². The van der Waals surface area contributed by atoms with Gasteiger partial charge in [0.05, 0.1) is 18.3 Å². The van der Waals surface area contributed by atoms with Gasteiger partial charge in [-0.2, -0.15) is 0 Å². The average Bonchev–Trinajstić information content (AvgIpc) is 3.02. The fourth-order valence-electron chi connectivity index (χ4n) is 3.58. The molecule has 5 nitrogen and oxygen atoms in total. The molecule has 158 valence electrons. The Bertz CT molecular complexity index is 1060. The van der Waals surface area contributed by atoms with E-state index < -0.39 is 0 Å². The van der Waals surface area contributed by atoms with Gasteiger partial charge in [-0.25, -0.2) is 0 Å². The zero-order valence-corrected chi connectivity index (χ0v) is 18.5. The van der Waals surface area contributed by atoms with Crippen molar-refractivity contribution in [2.75, 3.05) is 7.11 Å². The van der Waals surface area contributed by atoms with E-state index in [1.54, 1.807) is 61.1 Å². The monoisotopic (exact) mass is 427 g/mol. The molecule has 3 rings (SSSR count). The summed E-state index contributed by atoms with van der Waals surface area (Å²) < 4.78 is 12.7. The highest BCUT2D eigenvalue weighted by molar-refractivity contribution is 6.30. The van der Waals surface area contributed by atoms with Crippen LogP contribution in [0.5, 0.6) is 11.5 Å². The summed E-state index contributed by atoms with van der Waals surface area (Å²) in [5.74, 6) is 0.767. The summed E-state index contributed by atoms with van der Waals surface area (Å²) in [6.07, 6.45) is 2.17. The molecule has 1 heterocycles. The zero-order chi connectivity index (χ0) is 21.8. The minimum absolute atomic E-state index is 0.221. The quantitative estimate of drug-likeness (QED) is 0.432. The Morgan fingerprint density at radius 1 is 1.07 bits per heavy atom. The zero-order valence-electron chi connectivity index (χ0n) is 17.7. The van der Waals surface area contributed by atoms with Gasteiger partial charge < -0.3 is 9.47 Å². The van der Waals surface area contributed by atoms with Crippen LogP contribution in [-0.2, 0) is 4.79 Å². The normalized spacial score (nSPS) is 11.1. The molecular formula is C24H26ClNO4. The molecular weight excluding hydrogens is 402 g/mol. The standard InChI is InChI=1S/C24H26ClNO4/c1-5-16(6-2)13-22(27)30-23-15(3)26(21-12-11-19(29-4)14-20(21)23)24(28)17-7-9-18(25)10-8-17/h7-12,14,16H,5-6,13H2,1-4H3.